The lowest BCUT2D eigenvalue weighted by Gasteiger charge is -2.20. The molecule has 0 amide bonds. The lowest BCUT2D eigenvalue weighted by molar-refractivity contribution is 0.251. The Balaban J connectivity index is 1.78. The Bertz CT molecular complexity index is 182. The lowest BCUT2D eigenvalue weighted by atomic mass is 10.1. The van der Waals surface area contributed by atoms with Gasteiger partial charge in [0.25, 0.3) is 0 Å². The summed E-state index contributed by atoms with van der Waals surface area (Å²) in [6, 6.07) is 1.39. The number of hydrazine groups is 1. The molecule has 1 aliphatic carbocycles. The summed E-state index contributed by atoms with van der Waals surface area (Å²) in [6.45, 7) is 4.55. The molecule has 1 heterocycles. The van der Waals surface area contributed by atoms with Crippen LogP contribution in [0, 0.1) is 5.92 Å². The van der Waals surface area contributed by atoms with E-state index in [4.69, 9.17) is 0 Å². The van der Waals surface area contributed by atoms with Crippen molar-refractivity contribution in [3.05, 3.63) is 12.3 Å². The Morgan fingerprint density at radius 2 is 2.25 bits per heavy atom. The molecule has 0 bridgehead atoms. The molecule has 2 aliphatic rings. The van der Waals surface area contributed by atoms with Gasteiger partial charge in [0.15, 0.2) is 0 Å². The van der Waals surface area contributed by atoms with Gasteiger partial charge in [0, 0.05) is 18.3 Å². The smallest absolute Gasteiger partial charge is 0.0462 e. The summed E-state index contributed by atoms with van der Waals surface area (Å²) in [5.41, 5.74) is 3.51. The van der Waals surface area contributed by atoms with Crippen molar-refractivity contribution in [2.75, 3.05) is 0 Å². The Hall–Kier alpha value is -0.500. The van der Waals surface area contributed by atoms with Crippen LogP contribution in [-0.2, 0) is 0 Å². The molecule has 1 atom stereocenters. The van der Waals surface area contributed by atoms with Crippen molar-refractivity contribution >= 4 is 0 Å². The fourth-order valence-corrected chi connectivity index (χ4v) is 1.69. The highest BCUT2D eigenvalue weighted by Gasteiger charge is 2.30. The molecule has 1 fully saturated rings. The van der Waals surface area contributed by atoms with Crippen molar-refractivity contribution in [2.24, 2.45) is 5.92 Å². The Kier molecular flexibility index (Phi) is 2.09. The Morgan fingerprint density at radius 3 is 2.83 bits per heavy atom. The van der Waals surface area contributed by atoms with Crippen molar-refractivity contribution < 1.29 is 0 Å². The Morgan fingerprint density at radius 1 is 1.50 bits per heavy atom. The standard InChI is InChI=1S/C10H18N2/c1-8(2)7-9-5-6-12(11-9)10-3-4-10/h5-6,8-11H,3-4,7H2,1-2H3. The van der Waals surface area contributed by atoms with Crippen molar-refractivity contribution in [1.82, 2.24) is 10.4 Å². The zero-order chi connectivity index (χ0) is 8.55. The number of nitrogens with one attached hydrogen (secondary N) is 1. The van der Waals surface area contributed by atoms with Crippen LogP contribution in [0.3, 0.4) is 0 Å². The first-order valence-corrected chi connectivity index (χ1v) is 4.98. The zero-order valence-electron chi connectivity index (χ0n) is 7.96. The minimum Gasteiger partial charge on any atom is -0.312 e. The van der Waals surface area contributed by atoms with Crippen molar-refractivity contribution in [3.63, 3.8) is 0 Å². The SMILES string of the molecule is CC(C)CC1C=CN(C2CC2)N1. The third-order valence-electron chi connectivity index (χ3n) is 2.46. The van der Waals surface area contributed by atoms with Gasteiger partial charge in [0.1, 0.15) is 0 Å². The summed E-state index contributed by atoms with van der Waals surface area (Å²) < 4.78 is 0. The van der Waals surface area contributed by atoms with E-state index in [2.05, 4.69) is 36.6 Å². The van der Waals surface area contributed by atoms with Gasteiger partial charge in [-0.05, 0) is 31.3 Å². The number of hydrogen-bond acceptors (Lipinski definition) is 2. The molecule has 2 nitrogen and oxygen atoms in total. The van der Waals surface area contributed by atoms with E-state index in [0.717, 1.165) is 12.0 Å². The molecule has 1 N–H and O–H groups in total. The summed E-state index contributed by atoms with van der Waals surface area (Å²) in [4.78, 5) is 0. The molecule has 0 saturated heterocycles. The van der Waals surface area contributed by atoms with Gasteiger partial charge in [0.05, 0.1) is 0 Å². The van der Waals surface area contributed by atoms with E-state index in [9.17, 15) is 0 Å². The van der Waals surface area contributed by atoms with Gasteiger partial charge in [-0.3, -0.25) is 0 Å². The molecule has 1 unspecified atom stereocenters. The van der Waals surface area contributed by atoms with Crippen LogP contribution < -0.4 is 5.43 Å². The largest absolute Gasteiger partial charge is 0.312 e. The number of rotatable bonds is 3. The van der Waals surface area contributed by atoms with E-state index >= 15 is 0 Å². The first kappa shape index (κ1) is 8.11. The maximum absolute atomic E-state index is 3.51. The molecule has 12 heavy (non-hydrogen) atoms. The number of hydrogen-bond donors (Lipinski definition) is 1. The molecule has 2 rings (SSSR count). The Labute approximate surface area is 74.6 Å². The predicted molar refractivity (Wildman–Crippen MR) is 50.4 cm³/mol. The number of nitrogens with zero attached hydrogens (tertiary/aromatic N) is 1. The predicted octanol–water partition coefficient (Wildman–Crippen LogP) is 1.90. The molecule has 0 aromatic carbocycles. The molecular weight excluding hydrogens is 148 g/mol. The summed E-state index contributed by atoms with van der Waals surface area (Å²) in [5.74, 6) is 0.784. The van der Waals surface area contributed by atoms with Crippen LogP contribution in [0.1, 0.15) is 33.1 Å². The molecule has 1 saturated carbocycles. The quantitative estimate of drug-likeness (QED) is 0.689. The minimum absolute atomic E-state index is 0.589. The van der Waals surface area contributed by atoms with E-state index in [0.29, 0.717) is 6.04 Å². The molecule has 0 radical (unpaired) electrons. The van der Waals surface area contributed by atoms with Crippen LogP contribution in [0.2, 0.25) is 0 Å². The van der Waals surface area contributed by atoms with Crippen molar-refractivity contribution in [1.29, 1.82) is 0 Å². The average Bonchev–Trinajstić information content (AvgIpc) is 2.73. The molecular formula is C10H18N2. The summed E-state index contributed by atoms with van der Waals surface area (Å²) >= 11 is 0. The van der Waals surface area contributed by atoms with E-state index in [1.807, 2.05) is 0 Å². The van der Waals surface area contributed by atoms with Crippen molar-refractivity contribution in [2.45, 2.75) is 45.2 Å². The topological polar surface area (TPSA) is 15.3 Å². The van der Waals surface area contributed by atoms with Crippen LogP contribution in [0.15, 0.2) is 12.3 Å². The zero-order valence-corrected chi connectivity index (χ0v) is 7.96. The highest BCUT2D eigenvalue weighted by Crippen LogP contribution is 2.28. The van der Waals surface area contributed by atoms with Gasteiger partial charge in [-0.2, -0.15) is 0 Å². The second-order valence-electron chi connectivity index (χ2n) is 4.35. The first-order chi connectivity index (χ1) is 5.75. The molecule has 0 spiro atoms. The fourth-order valence-electron chi connectivity index (χ4n) is 1.69. The molecule has 0 aromatic rings. The summed E-state index contributed by atoms with van der Waals surface area (Å²) in [6.07, 6.45) is 8.49. The summed E-state index contributed by atoms with van der Waals surface area (Å²) in [7, 11) is 0. The van der Waals surface area contributed by atoms with Gasteiger partial charge in [-0.25, -0.2) is 5.43 Å². The van der Waals surface area contributed by atoms with E-state index in [1.54, 1.807) is 0 Å². The molecule has 2 heteroatoms. The van der Waals surface area contributed by atoms with Gasteiger partial charge in [-0.15, -0.1) is 0 Å². The van der Waals surface area contributed by atoms with E-state index in [1.165, 1.54) is 19.3 Å². The third-order valence-corrected chi connectivity index (χ3v) is 2.46. The van der Waals surface area contributed by atoms with Gasteiger partial charge >= 0.3 is 0 Å². The highest BCUT2D eigenvalue weighted by atomic mass is 15.5. The second-order valence-corrected chi connectivity index (χ2v) is 4.35. The van der Waals surface area contributed by atoms with Gasteiger partial charge < -0.3 is 5.01 Å². The van der Waals surface area contributed by atoms with E-state index < -0.39 is 0 Å². The lowest BCUT2D eigenvalue weighted by Crippen LogP contribution is -2.37. The van der Waals surface area contributed by atoms with Crippen LogP contribution >= 0.6 is 0 Å². The van der Waals surface area contributed by atoms with Crippen LogP contribution in [0.4, 0.5) is 0 Å². The highest BCUT2D eigenvalue weighted by molar-refractivity contribution is 5.03. The normalized spacial score (nSPS) is 28.9. The van der Waals surface area contributed by atoms with Gasteiger partial charge in [0.2, 0.25) is 0 Å². The third kappa shape index (κ3) is 1.81. The maximum atomic E-state index is 3.51. The van der Waals surface area contributed by atoms with Crippen LogP contribution in [0.25, 0.3) is 0 Å². The maximum Gasteiger partial charge on any atom is 0.0462 e. The second kappa shape index (κ2) is 3.09. The van der Waals surface area contributed by atoms with Crippen LogP contribution in [0.5, 0.6) is 0 Å². The first-order valence-electron chi connectivity index (χ1n) is 4.98. The molecule has 68 valence electrons. The monoisotopic (exact) mass is 166 g/mol. The van der Waals surface area contributed by atoms with Crippen molar-refractivity contribution in [3.8, 4) is 0 Å². The minimum atomic E-state index is 0.589. The van der Waals surface area contributed by atoms with Crippen LogP contribution in [-0.4, -0.2) is 17.1 Å². The van der Waals surface area contributed by atoms with Gasteiger partial charge in [-0.1, -0.05) is 13.8 Å². The fraction of sp³-hybridized carbons (Fsp3) is 0.800. The molecule has 0 aromatic heterocycles. The van der Waals surface area contributed by atoms with E-state index in [-0.39, 0.29) is 0 Å². The summed E-state index contributed by atoms with van der Waals surface area (Å²) in [5, 5.41) is 2.28. The molecule has 1 aliphatic heterocycles. The average molecular weight is 166 g/mol.